The summed E-state index contributed by atoms with van der Waals surface area (Å²) in [5.74, 6) is -0.640. The third kappa shape index (κ3) is 5.56. The summed E-state index contributed by atoms with van der Waals surface area (Å²) in [6.45, 7) is 1.39. The third-order valence-corrected chi connectivity index (χ3v) is 7.89. The first-order valence-electron chi connectivity index (χ1n) is 12.4. The van der Waals surface area contributed by atoms with E-state index in [0.717, 1.165) is 59.6 Å². The lowest BCUT2D eigenvalue weighted by atomic mass is 10.0. The number of carbonyl (C=O) groups is 1. The van der Waals surface area contributed by atoms with Crippen molar-refractivity contribution in [1.29, 1.82) is 0 Å². The van der Waals surface area contributed by atoms with E-state index in [1.165, 1.54) is 12.1 Å². The molecule has 3 aromatic carbocycles. The number of ether oxygens (including phenoxy) is 1. The maximum Gasteiger partial charge on any atom is 0.251 e. The Kier molecular flexibility index (Phi) is 7.18. The highest BCUT2D eigenvalue weighted by Gasteiger charge is 2.18. The maximum atomic E-state index is 13.8. The maximum absolute atomic E-state index is 13.8. The number of hydrogen-bond acceptors (Lipinski definition) is 6. The average Bonchev–Trinajstić information content (AvgIpc) is 3.53. The largest absolute Gasteiger partial charge is 0.381 e. The molecule has 1 amide bonds. The Labute approximate surface area is 220 Å². The van der Waals surface area contributed by atoms with Crippen molar-refractivity contribution in [3.63, 3.8) is 0 Å². The van der Waals surface area contributed by atoms with Crippen molar-refractivity contribution in [2.24, 2.45) is 7.05 Å². The summed E-state index contributed by atoms with van der Waals surface area (Å²) in [4.78, 5) is 12.6. The monoisotopic (exact) mass is 536 g/mol. The summed E-state index contributed by atoms with van der Waals surface area (Å²) >= 11 is 0. The number of benzene rings is 3. The first kappa shape index (κ1) is 25.9. The number of sulfone groups is 1. The van der Waals surface area contributed by atoms with Crippen LogP contribution in [0.4, 0.5) is 10.1 Å². The molecule has 1 unspecified atom stereocenters. The molecule has 8 nitrogen and oxygen atoms in total. The minimum absolute atomic E-state index is 0.0831. The Bertz CT molecular complexity index is 1590. The van der Waals surface area contributed by atoms with Gasteiger partial charge in [0.15, 0.2) is 9.84 Å². The molecule has 1 saturated heterocycles. The van der Waals surface area contributed by atoms with Crippen molar-refractivity contribution in [1.82, 2.24) is 15.1 Å². The van der Waals surface area contributed by atoms with Crippen molar-refractivity contribution in [2.45, 2.75) is 30.4 Å². The summed E-state index contributed by atoms with van der Waals surface area (Å²) in [5, 5.41) is 11.7. The Balaban J connectivity index is 1.36. The van der Waals surface area contributed by atoms with Gasteiger partial charge in [0.25, 0.3) is 5.91 Å². The molecule has 2 N–H and O–H groups in total. The van der Waals surface area contributed by atoms with E-state index in [1.807, 2.05) is 37.4 Å². The number of hydrogen-bond donors (Lipinski definition) is 2. The molecule has 38 heavy (non-hydrogen) atoms. The highest BCUT2D eigenvalue weighted by molar-refractivity contribution is 7.90. The van der Waals surface area contributed by atoms with E-state index in [0.29, 0.717) is 17.7 Å². The van der Waals surface area contributed by atoms with Gasteiger partial charge < -0.3 is 15.4 Å². The first-order chi connectivity index (χ1) is 18.2. The number of amides is 1. The second kappa shape index (κ2) is 10.5. The summed E-state index contributed by atoms with van der Waals surface area (Å²) in [6.07, 6.45) is 3.18. The van der Waals surface area contributed by atoms with E-state index in [2.05, 4.69) is 15.7 Å². The predicted octanol–water partition coefficient (Wildman–Crippen LogP) is 4.30. The molecule has 0 aliphatic carbocycles. The number of anilines is 1. The van der Waals surface area contributed by atoms with Crippen LogP contribution in [0.25, 0.3) is 22.2 Å². The van der Waals surface area contributed by atoms with Crippen LogP contribution in [0.15, 0.2) is 65.6 Å². The second-order valence-electron chi connectivity index (χ2n) is 9.50. The number of aromatic nitrogens is 2. The topological polar surface area (TPSA) is 102 Å². The molecule has 2 heterocycles. The van der Waals surface area contributed by atoms with Crippen LogP contribution < -0.4 is 10.6 Å². The van der Waals surface area contributed by atoms with Gasteiger partial charge in [-0.2, -0.15) is 5.10 Å². The fourth-order valence-electron chi connectivity index (χ4n) is 4.73. The Morgan fingerprint density at radius 1 is 1.13 bits per heavy atom. The highest BCUT2D eigenvalue weighted by Crippen LogP contribution is 2.30. The minimum Gasteiger partial charge on any atom is -0.381 e. The summed E-state index contributed by atoms with van der Waals surface area (Å²) in [5.41, 5.74) is 4.17. The Morgan fingerprint density at radius 3 is 2.63 bits per heavy atom. The molecular formula is C28H29FN4O4S. The molecule has 0 bridgehead atoms. The van der Waals surface area contributed by atoms with Crippen molar-refractivity contribution in [2.75, 3.05) is 24.7 Å². The predicted molar refractivity (Wildman–Crippen MR) is 144 cm³/mol. The van der Waals surface area contributed by atoms with Gasteiger partial charge in [-0.25, -0.2) is 12.8 Å². The van der Waals surface area contributed by atoms with Gasteiger partial charge in [-0.05, 0) is 66.9 Å². The average molecular weight is 537 g/mol. The van der Waals surface area contributed by atoms with Crippen LogP contribution in [-0.2, 0) is 28.2 Å². The number of carbonyl (C=O) groups excluding carboxylic acids is 1. The molecule has 1 aliphatic heterocycles. The van der Waals surface area contributed by atoms with E-state index in [1.54, 1.807) is 16.8 Å². The number of rotatable bonds is 8. The number of fused-ring (bicyclic) bond motifs is 1. The SMILES string of the molecule is Cn1nc(-c2ccc(C(=O)NCC3CCCO3)cc2)c2cc(NCc3cc(F)ccc3S(C)(=O)=O)ccc21. The van der Waals surface area contributed by atoms with Gasteiger partial charge in [0, 0.05) is 55.2 Å². The molecule has 1 aliphatic rings. The van der Waals surface area contributed by atoms with Crippen LogP contribution in [0.3, 0.4) is 0 Å². The molecular weight excluding hydrogens is 507 g/mol. The van der Waals surface area contributed by atoms with Gasteiger partial charge in [0.1, 0.15) is 11.5 Å². The fraction of sp³-hybridized carbons (Fsp3) is 0.286. The van der Waals surface area contributed by atoms with Crippen LogP contribution in [0.2, 0.25) is 0 Å². The minimum atomic E-state index is -3.50. The van der Waals surface area contributed by atoms with Gasteiger partial charge in [0.05, 0.1) is 16.5 Å². The Morgan fingerprint density at radius 2 is 1.92 bits per heavy atom. The number of nitrogens with zero attached hydrogens (tertiary/aromatic N) is 2. The highest BCUT2D eigenvalue weighted by atomic mass is 32.2. The lowest BCUT2D eigenvalue weighted by Gasteiger charge is -2.11. The van der Waals surface area contributed by atoms with Gasteiger partial charge in [-0.3, -0.25) is 9.48 Å². The zero-order chi connectivity index (χ0) is 26.9. The summed E-state index contributed by atoms with van der Waals surface area (Å²) in [7, 11) is -1.64. The van der Waals surface area contributed by atoms with E-state index < -0.39 is 15.7 Å². The summed E-state index contributed by atoms with van der Waals surface area (Å²) in [6, 6.07) is 16.7. The standard InChI is InChI=1S/C28H29FN4O4S/c1-33-25-11-10-22(30-16-20-14-21(29)9-12-26(20)38(2,35)36)15-24(25)27(32-33)18-5-7-19(8-6-18)28(34)31-17-23-4-3-13-37-23/h5-12,14-15,23,30H,3-4,13,16-17H2,1-2H3,(H,31,34). The third-order valence-electron chi connectivity index (χ3n) is 6.69. The van der Waals surface area contributed by atoms with Crippen molar-refractivity contribution >= 4 is 32.3 Å². The number of halogens is 1. The lowest BCUT2D eigenvalue weighted by Crippen LogP contribution is -2.31. The van der Waals surface area contributed by atoms with Gasteiger partial charge in [-0.1, -0.05) is 12.1 Å². The summed E-state index contributed by atoms with van der Waals surface area (Å²) < 4.78 is 45.4. The van der Waals surface area contributed by atoms with Crippen LogP contribution >= 0.6 is 0 Å². The zero-order valence-electron chi connectivity index (χ0n) is 21.2. The molecule has 5 rings (SSSR count). The zero-order valence-corrected chi connectivity index (χ0v) is 22.0. The first-order valence-corrected chi connectivity index (χ1v) is 14.3. The van der Waals surface area contributed by atoms with Gasteiger partial charge >= 0.3 is 0 Å². The van der Waals surface area contributed by atoms with E-state index in [-0.39, 0.29) is 23.5 Å². The molecule has 1 atom stereocenters. The molecule has 10 heteroatoms. The van der Waals surface area contributed by atoms with Gasteiger partial charge in [-0.15, -0.1) is 0 Å². The molecule has 0 radical (unpaired) electrons. The quantitative estimate of drug-likeness (QED) is 0.326. The fourth-order valence-corrected chi connectivity index (χ4v) is 5.65. The second-order valence-corrected chi connectivity index (χ2v) is 11.5. The van der Waals surface area contributed by atoms with Gasteiger partial charge in [0.2, 0.25) is 0 Å². The lowest BCUT2D eigenvalue weighted by molar-refractivity contribution is 0.0858. The van der Waals surface area contributed by atoms with E-state index in [4.69, 9.17) is 4.74 Å². The Hall–Kier alpha value is -3.76. The van der Waals surface area contributed by atoms with Crippen LogP contribution in [0, 0.1) is 5.82 Å². The van der Waals surface area contributed by atoms with Crippen molar-refractivity contribution in [3.8, 4) is 11.3 Å². The number of aryl methyl sites for hydroxylation is 1. The van der Waals surface area contributed by atoms with Crippen molar-refractivity contribution in [3.05, 3.63) is 77.6 Å². The smallest absolute Gasteiger partial charge is 0.251 e. The van der Waals surface area contributed by atoms with E-state index in [9.17, 15) is 17.6 Å². The molecule has 1 aromatic heterocycles. The number of nitrogens with one attached hydrogen (secondary N) is 2. The van der Waals surface area contributed by atoms with Crippen LogP contribution in [-0.4, -0.2) is 49.6 Å². The molecule has 1 fully saturated rings. The molecule has 0 spiro atoms. The van der Waals surface area contributed by atoms with Crippen molar-refractivity contribution < 1.29 is 22.3 Å². The van der Waals surface area contributed by atoms with Crippen LogP contribution in [0.1, 0.15) is 28.8 Å². The molecule has 198 valence electrons. The molecule has 4 aromatic rings. The van der Waals surface area contributed by atoms with Crippen LogP contribution in [0.5, 0.6) is 0 Å². The normalized spacial score (nSPS) is 15.6. The van der Waals surface area contributed by atoms with E-state index >= 15 is 0 Å². The molecule has 0 saturated carbocycles.